The van der Waals surface area contributed by atoms with E-state index in [0.717, 1.165) is 30.2 Å². The van der Waals surface area contributed by atoms with Gasteiger partial charge in [0, 0.05) is 20.1 Å². The molecule has 0 saturated heterocycles. The molecule has 2 N–H and O–H groups in total. The van der Waals surface area contributed by atoms with Crippen LogP contribution in [0.15, 0.2) is 29.3 Å². The molecule has 0 unspecified atom stereocenters. The Morgan fingerprint density at radius 2 is 2.00 bits per heavy atom. The van der Waals surface area contributed by atoms with E-state index < -0.39 is 0 Å². The van der Waals surface area contributed by atoms with Crippen LogP contribution in [0.5, 0.6) is 0 Å². The molecule has 0 aliphatic rings. The molecule has 1 aromatic rings. The first-order valence-electron chi connectivity index (χ1n) is 5.94. The summed E-state index contributed by atoms with van der Waals surface area (Å²) < 4.78 is 12.7. The Morgan fingerprint density at radius 1 is 1.28 bits per heavy atom. The van der Waals surface area contributed by atoms with E-state index in [2.05, 4.69) is 21.9 Å². The maximum Gasteiger partial charge on any atom is 0.191 e. The van der Waals surface area contributed by atoms with Crippen LogP contribution < -0.4 is 10.6 Å². The highest BCUT2D eigenvalue weighted by Gasteiger charge is 1.98. The summed E-state index contributed by atoms with van der Waals surface area (Å²) in [7, 11) is 1.74. The summed E-state index contributed by atoms with van der Waals surface area (Å²) in [5.41, 5.74) is 1.03. The van der Waals surface area contributed by atoms with Crippen molar-refractivity contribution in [3.8, 4) is 0 Å². The fourth-order valence-electron chi connectivity index (χ4n) is 1.43. The second kappa shape index (κ2) is 8.80. The van der Waals surface area contributed by atoms with Crippen molar-refractivity contribution in [2.45, 2.75) is 13.0 Å². The minimum atomic E-state index is -0.210. The minimum absolute atomic E-state index is 0.210. The molecule has 18 heavy (non-hydrogen) atoms. The Hall–Kier alpha value is -1.23. The van der Waals surface area contributed by atoms with E-state index in [-0.39, 0.29) is 5.82 Å². The van der Waals surface area contributed by atoms with Gasteiger partial charge in [-0.25, -0.2) is 4.39 Å². The van der Waals surface area contributed by atoms with E-state index in [9.17, 15) is 4.39 Å². The predicted octanol–water partition coefficient (Wildman–Crippen LogP) is 2.24. The normalized spacial score (nSPS) is 11.4. The number of nitrogens with one attached hydrogen (secondary N) is 2. The van der Waals surface area contributed by atoms with Gasteiger partial charge in [-0.15, -0.1) is 0 Å². The van der Waals surface area contributed by atoms with Gasteiger partial charge in [0.1, 0.15) is 5.82 Å². The maximum atomic E-state index is 12.7. The van der Waals surface area contributed by atoms with Gasteiger partial charge < -0.3 is 10.6 Å². The molecule has 0 heterocycles. The summed E-state index contributed by atoms with van der Waals surface area (Å²) in [4.78, 5) is 4.13. The lowest BCUT2D eigenvalue weighted by atomic mass is 10.2. The number of aliphatic imine (C=N–C) groups is 1. The molecule has 0 aliphatic heterocycles. The number of nitrogens with zero attached hydrogens (tertiary/aromatic N) is 1. The molecule has 5 heteroatoms. The first-order chi connectivity index (χ1) is 8.76. The van der Waals surface area contributed by atoms with Gasteiger partial charge in [0.05, 0.1) is 0 Å². The summed E-state index contributed by atoms with van der Waals surface area (Å²) in [5, 5.41) is 6.43. The van der Waals surface area contributed by atoms with Crippen LogP contribution in [0.1, 0.15) is 12.0 Å². The number of hydrogen-bond donors (Lipinski definition) is 2. The summed E-state index contributed by atoms with van der Waals surface area (Å²) in [5.74, 6) is 1.71. The lowest BCUT2D eigenvalue weighted by molar-refractivity contribution is 0.626. The quantitative estimate of drug-likeness (QED) is 0.472. The van der Waals surface area contributed by atoms with Crippen LogP contribution >= 0.6 is 11.8 Å². The van der Waals surface area contributed by atoms with Crippen molar-refractivity contribution in [1.29, 1.82) is 0 Å². The molecule has 0 radical (unpaired) electrons. The van der Waals surface area contributed by atoms with Gasteiger partial charge in [-0.3, -0.25) is 4.99 Å². The highest BCUT2D eigenvalue weighted by Crippen LogP contribution is 2.01. The fraction of sp³-hybridized carbons (Fsp3) is 0.462. The van der Waals surface area contributed by atoms with Gasteiger partial charge in [0.2, 0.25) is 0 Å². The number of thioether (sulfide) groups is 1. The predicted molar refractivity (Wildman–Crippen MR) is 77.6 cm³/mol. The molecule has 1 aromatic carbocycles. The Balaban J connectivity index is 2.29. The zero-order valence-electron chi connectivity index (χ0n) is 10.9. The SMILES string of the molecule is CN=C(NCCCSC)NCc1ccc(F)cc1. The Bertz CT molecular complexity index is 365. The van der Waals surface area contributed by atoms with Crippen LogP contribution in [0.3, 0.4) is 0 Å². The molecule has 0 amide bonds. The van der Waals surface area contributed by atoms with Crippen molar-refractivity contribution in [1.82, 2.24) is 10.6 Å². The third-order valence-corrected chi connectivity index (χ3v) is 3.11. The van der Waals surface area contributed by atoms with Gasteiger partial charge in [0.25, 0.3) is 0 Å². The van der Waals surface area contributed by atoms with E-state index >= 15 is 0 Å². The van der Waals surface area contributed by atoms with Crippen molar-refractivity contribution < 1.29 is 4.39 Å². The van der Waals surface area contributed by atoms with Crippen molar-refractivity contribution in [3.63, 3.8) is 0 Å². The Kier molecular flexibility index (Phi) is 7.25. The summed E-state index contributed by atoms with van der Waals surface area (Å²) in [6.45, 7) is 1.55. The monoisotopic (exact) mass is 269 g/mol. The second-order valence-corrected chi connectivity index (χ2v) is 4.81. The number of hydrogen-bond acceptors (Lipinski definition) is 2. The highest BCUT2D eigenvalue weighted by molar-refractivity contribution is 7.98. The maximum absolute atomic E-state index is 12.7. The van der Waals surface area contributed by atoms with Crippen LogP contribution in [0, 0.1) is 5.82 Å². The molecule has 0 aromatic heterocycles. The van der Waals surface area contributed by atoms with Crippen molar-refractivity contribution >= 4 is 17.7 Å². The molecular weight excluding hydrogens is 249 g/mol. The zero-order valence-corrected chi connectivity index (χ0v) is 11.7. The van der Waals surface area contributed by atoms with Gasteiger partial charge >= 0.3 is 0 Å². The van der Waals surface area contributed by atoms with Crippen LogP contribution in [-0.2, 0) is 6.54 Å². The molecule has 3 nitrogen and oxygen atoms in total. The third kappa shape index (κ3) is 5.91. The number of guanidine groups is 1. The van der Waals surface area contributed by atoms with Crippen molar-refractivity contribution in [2.24, 2.45) is 4.99 Å². The van der Waals surface area contributed by atoms with E-state index in [4.69, 9.17) is 0 Å². The second-order valence-electron chi connectivity index (χ2n) is 3.83. The third-order valence-electron chi connectivity index (χ3n) is 2.41. The number of halogens is 1. The van der Waals surface area contributed by atoms with E-state index in [1.54, 1.807) is 19.2 Å². The molecular formula is C13H20FN3S. The topological polar surface area (TPSA) is 36.4 Å². The van der Waals surface area contributed by atoms with Crippen LogP contribution in [0.4, 0.5) is 4.39 Å². The minimum Gasteiger partial charge on any atom is -0.356 e. The first-order valence-corrected chi connectivity index (χ1v) is 7.33. The van der Waals surface area contributed by atoms with Crippen LogP contribution in [0.25, 0.3) is 0 Å². The standard InChI is InChI=1S/C13H20FN3S/c1-15-13(16-8-3-9-18-2)17-10-11-4-6-12(14)7-5-11/h4-7H,3,8-10H2,1-2H3,(H2,15,16,17). The summed E-state index contributed by atoms with van der Waals surface area (Å²) >= 11 is 1.84. The van der Waals surface area contributed by atoms with Crippen LogP contribution in [0.2, 0.25) is 0 Å². The average molecular weight is 269 g/mol. The number of benzene rings is 1. The van der Waals surface area contributed by atoms with Crippen molar-refractivity contribution in [3.05, 3.63) is 35.6 Å². The summed E-state index contributed by atoms with van der Waals surface area (Å²) in [6.07, 6.45) is 3.21. The van der Waals surface area contributed by atoms with Gasteiger partial charge in [-0.1, -0.05) is 12.1 Å². The molecule has 0 bridgehead atoms. The van der Waals surface area contributed by atoms with E-state index in [0.29, 0.717) is 6.54 Å². The van der Waals surface area contributed by atoms with Crippen molar-refractivity contribution in [2.75, 3.05) is 25.6 Å². The van der Waals surface area contributed by atoms with E-state index in [1.165, 1.54) is 12.1 Å². The molecule has 0 spiro atoms. The zero-order chi connectivity index (χ0) is 13.2. The fourth-order valence-corrected chi connectivity index (χ4v) is 1.86. The van der Waals surface area contributed by atoms with Gasteiger partial charge in [-0.05, 0) is 36.1 Å². The van der Waals surface area contributed by atoms with E-state index in [1.807, 2.05) is 11.8 Å². The van der Waals surface area contributed by atoms with Crippen LogP contribution in [-0.4, -0.2) is 31.6 Å². The molecule has 0 saturated carbocycles. The largest absolute Gasteiger partial charge is 0.356 e. The molecule has 100 valence electrons. The molecule has 0 aliphatic carbocycles. The Labute approximate surface area is 112 Å². The highest BCUT2D eigenvalue weighted by atomic mass is 32.2. The lowest BCUT2D eigenvalue weighted by Crippen LogP contribution is -2.37. The molecule has 0 atom stereocenters. The summed E-state index contributed by atoms with van der Waals surface area (Å²) in [6, 6.07) is 6.46. The number of rotatable bonds is 6. The molecule has 0 fully saturated rings. The average Bonchev–Trinajstić information content (AvgIpc) is 2.40. The lowest BCUT2D eigenvalue weighted by Gasteiger charge is -2.11. The Morgan fingerprint density at radius 3 is 2.61 bits per heavy atom. The van der Waals surface area contributed by atoms with Gasteiger partial charge in [-0.2, -0.15) is 11.8 Å². The molecule has 1 rings (SSSR count). The smallest absolute Gasteiger partial charge is 0.191 e. The first kappa shape index (κ1) is 14.8. The van der Waals surface area contributed by atoms with Gasteiger partial charge in [0.15, 0.2) is 5.96 Å².